The van der Waals surface area contributed by atoms with Crippen LogP contribution in [0.4, 0.5) is 0 Å². The van der Waals surface area contributed by atoms with Gasteiger partial charge in [-0.25, -0.2) is 6.57 Å². The van der Waals surface area contributed by atoms with Crippen LogP contribution in [0.15, 0.2) is 0 Å². The molecule has 0 rings (SSSR count). The van der Waals surface area contributed by atoms with Gasteiger partial charge in [0.05, 0.1) is 6.07 Å². The van der Waals surface area contributed by atoms with E-state index < -0.39 is 0 Å². The van der Waals surface area contributed by atoms with Crippen LogP contribution >= 0.6 is 15.9 Å². The SMILES string of the molecule is [C-]#[N+]C(Br)CCCCCCCC#N. The molecule has 72 valence electrons. The normalized spacial score (nSPS) is 11.6. The number of alkyl halides is 1. The average Bonchev–Trinajstić information content (AvgIpc) is 2.16. The highest BCUT2D eigenvalue weighted by atomic mass is 79.9. The maximum atomic E-state index is 8.28. The molecule has 0 aliphatic carbocycles. The van der Waals surface area contributed by atoms with Crippen molar-refractivity contribution in [2.45, 2.75) is 49.9 Å². The number of rotatable bonds is 7. The van der Waals surface area contributed by atoms with Crippen LogP contribution < -0.4 is 0 Å². The van der Waals surface area contributed by atoms with Gasteiger partial charge in [-0.15, -0.1) is 0 Å². The van der Waals surface area contributed by atoms with Gasteiger partial charge in [0.15, 0.2) is 0 Å². The van der Waals surface area contributed by atoms with Gasteiger partial charge in [0.25, 0.3) is 4.95 Å². The van der Waals surface area contributed by atoms with Crippen LogP contribution in [0.5, 0.6) is 0 Å². The highest BCUT2D eigenvalue weighted by molar-refractivity contribution is 9.09. The summed E-state index contributed by atoms with van der Waals surface area (Å²) in [5.41, 5.74) is 0. The molecule has 0 saturated carbocycles. The Morgan fingerprint density at radius 2 is 1.85 bits per heavy atom. The molecule has 0 spiro atoms. The summed E-state index contributed by atoms with van der Waals surface area (Å²) in [4.78, 5) is 3.37. The second-order valence-electron chi connectivity index (χ2n) is 3.03. The lowest BCUT2D eigenvalue weighted by Gasteiger charge is -1.98. The van der Waals surface area contributed by atoms with E-state index in [1.807, 2.05) is 0 Å². The van der Waals surface area contributed by atoms with Crippen molar-refractivity contribution < 1.29 is 0 Å². The van der Waals surface area contributed by atoms with Crippen LogP contribution in [0.25, 0.3) is 4.85 Å². The summed E-state index contributed by atoms with van der Waals surface area (Å²) in [6.07, 6.45) is 7.30. The molecule has 0 fully saturated rings. The van der Waals surface area contributed by atoms with Crippen molar-refractivity contribution in [2.24, 2.45) is 0 Å². The molecule has 1 unspecified atom stereocenters. The molecule has 0 aromatic rings. The average molecular weight is 243 g/mol. The molecule has 1 atom stereocenters. The van der Waals surface area contributed by atoms with Crippen molar-refractivity contribution in [1.29, 1.82) is 5.26 Å². The largest absolute Gasteiger partial charge is 0.301 e. The van der Waals surface area contributed by atoms with Crippen molar-refractivity contribution in [3.8, 4) is 6.07 Å². The summed E-state index contributed by atoms with van der Waals surface area (Å²) in [7, 11) is 0. The van der Waals surface area contributed by atoms with Crippen LogP contribution in [-0.2, 0) is 0 Å². The van der Waals surface area contributed by atoms with E-state index >= 15 is 0 Å². The molecule has 0 bridgehead atoms. The van der Waals surface area contributed by atoms with Crippen molar-refractivity contribution in [3.05, 3.63) is 11.4 Å². The minimum Gasteiger partial charge on any atom is -0.301 e. The Kier molecular flexibility index (Phi) is 9.15. The lowest BCUT2D eigenvalue weighted by atomic mass is 10.1. The van der Waals surface area contributed by atoms with Crippen molar-refractivity contribution in [2.75, 3.05) is 0 Å². The molecule has 2 nitrogen and oxygen atoms in total. The number of halogens is 1. The fraction of sp³-hybridized carbons (Fsp3) is 0.800. The summed E-state index contributed by atoms with van der Waals surface area (Å²) in [5, 5.41) is 8.28. The van der Waals surface area contributed by atoms with Crippen LogP contribution in [0.1, 0.15) is 44.9 Å². The Morgan fingerprint density at radius 3 is 2.46 bits per heavy atom. The molecule has 0 aliphatic heterocycles. The monoisotopic (exact) mass is 242 g/mol. The third kappa shape index (κ3) is 9.37. The van der Waals surface area contributed by atoms with E-state index in [1.165, 1.54) is 12.8 Å². The van der Waals surface area contributed by atoms with Gasteiger partial charge in [-0.2, -0.15) is 5.26 Å². The van der Waals surface area contributed by atoms with Gasteiger partial charge < -0.3 is 4.85 Å². The highest BCUT2D eigenvalue weighted by Crippen LogP contribution is 2.13. The Balaban J connectivity index is 3.01. The number of nitriles is 1. The molecular weight excluding hydrogens is 228 g/mol. The standard InChI is InChI=1S/C10H15BrN2/c1-13-10(11)8-6-4-2-3-5-7-9-12/h10H,2-8H2. The summed E-state index contributed by atoms with van der Waals surface area (Å²) in [6.45, 7) is 6.72. The molecule has 0 aliphatic rings. The van der Waals surface area contributed by atoms with E-state index in [4.69, 9.17) is 11.8 Å². The first-order valence-corrected chi connectivity index (χ1v) is 5.60. The number of nitrogens with zero attached hydrogens (tertiary/aromatic N) is 2. The molecule has 0 N–H and O–H groups in total. The summed E-state index contributed by atoms with van der Waals surface area (Å²) < 4.78 is 0. The predicted molar refractivity (Wildman–Crippen MR) is 57.2 cm³/mol. The van der Waals surface area contributed by atoms with E-state index in [1.54, 1.807) is 0 Å². The molecular formula is C10H15BrN2. The molecule has 0 saturated heterocycles. The van der Waals surface area contributed by atoms with Crippen LogP contribution in [-0.4, -0.2) is 4.95 Å². The number of unbranched alkanes of at least 4 members (excludes halogenated alkanes) is 5. The van der Waals surface area contributed by atoms with Crippen molar-refractivity contribution in [3.63, 3.8) is 0 Å². The maximum absolute atomic E-state index is 8.28. The molecule has 0 radical (unpaired) electrons. The molecule has 0 heterocycles. The summed E-state index contributed by atoms with van der Waals surface area (Å²) in [5.74, 6) is 0. The zero-order chi connectivity index (χ0) is 9.94. The molecule has 0 amide bonds. The first kappa shape index (κ1) is 12.5. The van der Waals surface area contributed by atoms with Crippen LogP contribution in [0, 0.1) is 17.9 Å². The zero-order valence-electron chi connectivity index (χ0n) is 7.80. The Bertz CT molecular complexity index is 190. The molecule has 13 heavy (non-hydrogen) atoms. The van der Waals surface area contributed by atoms with Gasteiger partial charge in [-0.1, -0.05) is 19.3 Å². The van der Waals surface area contributed by atoms with Crippen molar-refractivity contribution in [1.82, 2.24) is 0 Å². The predicted octanol–water partition coefficient (Wildman–Crippen LogP) is 3.88. The van der Waals surface area contributed by atoms with E-state index in [9.17, 15) is 0 Å². The quantitative estimate of drug-likeness (QED) is 0.288. The zero-order valence-corrected chi connectivity index (χ0v) is 9.39. The number of hydrogen-bond donors (Lipinski definition) is 0. The van der Waals surface area contributed by atoms with E-state index in [0.29, 0.717) is 6.42 Å². The smallest absolute Gasteiger partial charge is 0.276 e. The van der Waals surface area contributed by atoms with E-state index in [0.717, 1.165) is 25.7 Å². The number of hydrogen-bond acceptors (Lipinski definition) is 1. The van der Waals surface area contributed by atoms with Gasteiger partial charge in [-0.05, 0) is 12.8 Å². The van der Waals surface area contributed by atoms with Gasteiger partial charge in [0.1, 0.15) is 0 Å². The second-order valence-corrected chi connectivity index (χ2v) is 4.09. The molecule has 0 aromatic carbocycles. The lowest BCUT2D eigenvalue weighted by Crippen LogP contribution is -1.89. The Labute approximate surface area is 88.9 Å². The molecule has 3 heteroatoms. The highest BCUT2D eigenvalue weighted by Gasteiger charge is 2.04. The van der Waals surface area contributed by atoms with Gasteiger partial charge in [-0.3, -0.25) is 0 Å². The minimum absolute atomic E-state index is 0.00612. The van der Waals surface area contributed by atoms with E-state index in [2.05, 4.69) is 26.8 Å². The first-order valence-electron chi connectivity index (χ1n) is 4.69. The Morgan fingerprint density at radius 1 is 1.23 bits per heavy atom. The van der Waals surface area contributed by atoms with Gasteiger partial charge in [0.2, 0.25) is 0 Å². The lowest BCUT2D eigenvalue weighted by molar-refractivity contribution is 0.605. The fourth-order valence-corrected chi connectivity index (χ4v) is 1.44. The summed E-state index contributed by atoms with van der Waals surface area (Å²) >= 11 is 3.27. The van der Waals surface area contributed by atoms with Crippen molar-refractivity contribution >= 4 is 15.9 Å². The topological polar surface area (TPSA) is 28.1 Å². The first-order chi connectivity index (χ1) is 6.31. The fourth-order valence-electron chi connectivity index (χ4n) is 1.11. The second kappa shape index (κ2) is 9.55. The summed E-state index contributed by atoms with van der Waals surface area (Å²) in [6, 6.07) is 2.14. The van der Waals surface area contributed by atoms with Crippen LogP contribution in [0.2, 0.25) is 0 Å². The van der Waals surface area contributed by atoms with E-state index in [-0.39, 0.29) is 4.95 Å². The third-order valence-corrected chi connectivity index (χ3v) is 2.53. The van der Waals surface area contributed by atoms with Crippen LogP contribution in [0.3, 0.4) is 0 Å². The Hall–Kier alpha value is -0.540. The minimum atomic E-state index is 0.00612. The van der Waals surface area contributed by atoms with Gasteiger partial charge in [0, 0.05) is 28.8 Å². The third-order valence-electron chi connectivity index (χ3n) is 1.87. The van der Waals surface area contributed by atoms with Gasteiger partial charge >= 0.3 is 0 Å². The maximum Gasteiger partial charge on any atom is 0.276 e. The molecule has 0 aromatic heterocycles.